The third-order valence-corrected chi connectivity index (χ3v) is 3.47. The number of allylic oxidation sites excluding steroid dienone is 2. The van der Waals surface area contributed by atoms with E-state index < -0.39 is 4.92 Å². The topological polar surface area (TPSA) is 82.0 Å². The van der Waals surface area contributed by atoms with Crippen LogP contribution in [0.15, 0.2) is 6.08 Å². The van der Waals surface area contributed by atoms with Gasteiger partial charge < -0.3 is 5.73 Å². The Labute approximate surface area is 92.1 Å². The van der Waals surface area contributed by atoms with E-state index in [1.165, 1.54) is 5.57 Å². The monoisotopic (exact) mass is 217 g/mol. The Morgan fingerprint density at radius 3 is 3.06 bits per heavy atom. The molecule has 5 heteroatoms. The van der Waals surface area contributed by atoms with Crippen LogP contribution in [0.1, 0.15) is 35.6 Å². The Hall–Kier alpha value is -1.91. The molecule has 0 fully saturated rings. The number of nitrogens with zero attached hydrogens (tertiary/aromatic N) is 2. The first-order valence-corrected chi connectivity index (χ1v) is 5.26. The van der Waals surface area contributed by atoms with Crippen molar-refractivity contribution in [2.75, 3.05) is 5.73 Å². The lowest BCUT2D eigenvalue weighted by atomic mass is 9.75. The zero-order valence-corrected chi connectivity index (χ0v) is 8.86. The fourth-order valence-electron chi connectivity index (χ4n) is 2.77. The predicted octanol–water partition coefficient (Wildman–Crippen LogP) is 2.15. The van der Waals surface area contributed by atoms with E-state index in [9.17, 15) is 10.1 Å². The van der Waals surface area contributed by atoms with Gasteiger partial charge in [-0.3, -0.25) is 10.1 Å². The quantitative estimate of drug-likeness (QED) is 0.577. The van der Waals surface area contributed by atoms with Crippen molar-refractivity contribution in [3.8, 4) is 0 Å². The number of anilines is 1. The van der Waals surface area contributed by atoms with Gasteiger partial charge in [0.25, 0.3) is 0 Å². The number of nitrogen functional groups attached to an aromatic ring is 1. The maximum atomic E-state index is 10.9. The third kappa shape index (κ3) is 0.925. The van der Waals surface area contributed by atoms with Crippen molar-refractivity contribution in [1.29, 1.82) is 0 Å². The molecule has 2 aliphatic carbocycles. The van der Waals surface area contributed by atoms with Crippen LogP contribution in [0.3, 0.4) is 0 Å². The zero-order chi connectivity index (χ0) is 11.4. The van der Waals surface area contributed by atoms with Gasteiger partial charge >= 0.3 is 5.69 Å². The molecule has 0 aromatic carbocycles. The summed E-state index contributed by atoms with van der Waals surface area (Å²) in [5.41, 5.74) is 9.40. The number of rotatable bonds is 1. The Bertz CT molecular complexity index is 549. The molecule has 0 spiro atoms. The number of hydrogen-bond acceptors (Lipinski definition) is 4. The van der Waals surface area contributed by atoms with E-state index in [1.807, 2.05) is 0 Å². The van der Waals surface area contributed by atoms with Crippen LogP contribution in [-0.2, 0) is 0 Å². The summed E-state index contributed by atoms with van der Waals surface area (Å²) in [5, 5.41) is 10.9. The predicted molar refractivity (Wildman–Crippen MR) is 60.0 cm³/mol. The van der Waals surface area contributed by atoms with E-state index in [1.54, 1.807) is 6.92 Å². The molecule has 16 heavy (non-hydrogen) atoms. The van der Waals surface area contributed by atoms with Crippen molar-refractivity contribution in [2.45, 2.75) is 25.7 Å². The summed E-state index contributed by atoms with van der Waals surface area (Å²) >= 11 is 0. The standard InChI is InChI=1S/C11H11N3O2/c1-5-8-6-3-2-4-7(6)9(8)13-11(12)10(5)14(15)16/h3,7H,2,4H2,1H3,(H2,12,13). The van der Waals surface area contributed by atoms with Gasteiger partial charge in [-0.25, -0.2) is 4.98 Å². The highest BCUT2D eigenvalue weighted by molar-refractivity contribution is 5.89. The highest BCUT2D eigenvalue weighted by Gasteiger charge is 2.40. The Morgan fingerprint density at radius 1 is 1.62 bits per heavy atom. The maximum absolute atomic E-state index is 10.9. The Kier molecular flexibility index (Phi) is 1.64. The summed E-state index contributed by atoms with van der Waals surface area (Å²) in [6, 6.07) is 0. The molecule has 0 bridgehead atoms. The SMILES string of the molecule is Cc1c2c(nc(N)c1[N+](=O)[O-])C1CCC=C21. The first kappa shape index (κ1) is 9.33. The van der Waals surface area contributed by atoms with E-state index in [0.717, 1.165) is 24.1 Å². The van der Waals surface area contributed by atoms with Crippen molar-refractivity contribution in [2.24, 2.45) is 0 Å². The lowest BCUT2D eigenvalue weighted by Gasteiger charge is -2.30. The molecule has 1 unspecified atom stereocenters. The number of hydrogen-bond donors (Lipinski definition) is 1. The second-order valence-corrected chi connectivity index (χ2v) is 4.28. The fraction of sp³-hybridized carbons (Fsp3) is 0.364. The van der Waals surface area contributed by atoms with Crippen LogP contribution in [0.2, 0.25) is 0 Å². The number of fused-ring (bicyclic) bond motifs is 4. The Morgan fingerprint density at radius 2 is 2.38 bits per heavy atom. The van der Waals surface area contributed by atoms with Crippen LogP contribution in [0.4, 0.5) is 11.5 Å². The summed E-state index contributed by atoms with van der Waals surface area (Å²) < 4.78 is 0. The minimum Gasteiger partial charge on any atom is -0.378 e. The van der Waals surface area contributed by atoms with E-state index in [0.29, 0.717) is 11.5 Å². The molecule has 3 rings (SSSR count). The average Bonchev–Trinajstić information content (AvgIpc) is 2.57. The van der Waals surface area contributed by atoms with Crippen molar-refractivity contribution < 1.29 is 4.92 Å². The normalized spacial score (nSPS) is 20.8. The second kappa shape index (κ2) is 2.81. The largest absolute Gasteiger partial charge is 0.378 e. The summed E-state index contributed by atoms with van der Waals surface area (Å²) in [6.07, 6.45) is 4.25. The third-order valence-electron chi connectivity index (χ3n) is 3.47. The van der Waals surface area contributed by atoms with Crippen LogP contribution >= 0.6 is 0 Å². The molecule has 0 saturated carbocycles. The molecule has 2 aliphatic rings. The number of aromatic nitrogens is 1. The van der Waals surface area contributed by atoms with Crippen LogP contribution in [0.25, 0.3) is 5.57 Å². The first-order chi connectivity index (χ1) is 7.61. The van der Waals surface area contributed by atoms with Crippen LogP contribution in [0, 0.1) is 17.0 Å². The van der Waals surface area contributed by atoms with Crippen LogP contribution in [0.5, 0.6) is 0 Å². The van der Waals surface area contributed by atoms with Gasteiger partial charge in [-0.15, -0.1) is 0 Å². The van der Waals surface area contributed by atoms with Crippen LogP contribution in [-0.4, -0.2) is 9.91 Å². The molecule has 5 nitrogen and oxygen atoms in total. The summed E-state index contributed by atoms with van der Waals surface area (Å²) in [7, 11) is 0. The van der Waals surface area contributed by atoms with E-state index >= 15 is 0 Å². The molecule has 0 amide bonds. The molecule has 1 atom stereocenters. The first-order valence-electron chi connectivity index (χ1n) is 5.26. The molecule has 1 aromatic rings. The van der Waals surface area contributed by atoms with Gasteiger partial charge in [-0.2, -0.15) is 0 Å². The van der Waals surface area contributed by atoms with Gasteiger partial charge in [-0.1, -0.05) is 6.08 Å². The lowest BCUT2D eigenvalue weighted by Crippen LogP contribution is -2.19. The number of nitro groups is 1. The highest BCUT2D eigenvalue weighted by atomic mass is 16.6. The molecule has 2 N–H and O–H groups in total. The molecule has 0 saturated heterocycles. The van der Waals surface area contributed by atoms with Crippen molar-refractivity contribution in [3.05, 3.63) is 33.0 Å². The summed E-state index contributed by atoms with van der Waals surface area (Å²) in [6.45, 7) is 1.75. The molecule has 1 heterocycles. The number of pyridine rings is 1. The lowest BCUT2D eigenvalue weighted by molar-refractivity contribution is -0.384. The Balaban J connectivity index is 2.28. The van der Waals surface area contributed by atoms with Crippen LogP contribution < -0.4 is 5.73 Å². The van der Waals surface area contributed by atoms with Crippen molar-refractivity contribution in [1.82, 2.24) is 4.98 Å². The van der Waals surface area contributed by atoms with Gasteiger partial charge in [0.15, 0.2) is 0 Å². The molecule has 0 aliphatic heterocycles. The van der Waals surface area contributed by atoms with Gasteiger partial charge in [0.2, 0.25) is 5.82 Å². The van der Waals surface area contributed by atoms with E-state index in [-0.39, 0.29) is 11.5 Å². The summed E-state index contributed by atoms with van der Waals surface area (Å²) in [4.78, 5) is 14.6. The van der Waals surface area contributed by atoms with Gasteiger partial charge in [0.1, 0.15) is 0 Å². The molecule has 0 radical (unpaired) electrons. The molecule has 82 valence electrons. The van der Waals surface area contributed by atoms with Gasteiger partial charge in [0, 0.05) is 17.0 Å². The molecular weight excluding hydrogens is 206 g/mol. The second-order valence-electron chi connectivity index (χ2n) is 4.28. The van der Waals surface area contributed by atoms with Gasteiger partial charge in [0.05, 0.1) is 10.6 Å². The van der Waals surface area contributed by atoms with E-state index in [2.05, 4.69) is 11.1 Å². The number of nitrogens with two attached hydrogens (primary N) is 1. The van der Waals surface area contributed by atoms with E-state index in [4.69, 9.17) is 5.73 Å². The zero-order valence-electron chi connectivity index (χ0n) is 8.86. The highest BCUT2D eigenvalue weighted by Crippen LogP contribution is 2.54. The van der Waals surface area contributed by atoms with Gasteiger partial charge in [-0.05, 0) is 25.3 Å². The summed E-state index contributed by atoms with van der Waals surface area (Å²) in [5.74, 6) is 0.420. The average molecular weight is 217 g/mol. The van der Waals surface area contributed by atoms with Crippen molar-refractivity contribution >= 4 is 17.1 Å². The fourth-order valence-corrected chi connectivity index (χ4v) is 2.77. The minimum absolute atomic E-state index is 0.0370. The molecular formula is C11H11N3O2. The maximum Gasteiger partial charge on any atom is 0.314 e. The molecule has 1 aromatic heterocycles. The minimum atomic E-state index is -0.444. The van der Waals surface area contributed by atoms with Crippen molar-refractivity contribution in [3.63, 3.8) is 0 Å². The smallest absolute Gasteiger partial charge is 0.314 e.